The highest BCUT2D eigenvalue weighted by Crippen LogP contribution is 2.33. The molecule has 1 aliphatic carbocycles. The van der Waals surface area contributed by atoms with Crippen LogP contribution in [0.1, 0.15) is 37.2 Å². The molecule has 2 atom stereocenters. The summed E-state index contributed by atoms with van der Waals surface area (Å²) in [7, 11) is 0. The van der Waals surface area contributed by atoms with Crippen LogP contribution in [0, 0.1) is 0 Å². The van der Waals surface area contributed by atoms with Gasteiger partial charge in [0.15, 0.2) is 0 Å². The van der Waals surface area contributed by atoms with Gasteiger partial charge in [0.05, 0.1) is 0 Å². The predicted molar refractivity (Wildman–Crippen MR) is 88.0 cm³/mol. The van der Waals surface area contributed by atoms with E-state index in [1.165, 1.54) is 16.7 Å². The first kappa shape index (κ1) is 14.6. The van der Waals surface area contributed by atoms with Gasteiger partial charge >= 0.3 is 6.09 Å². The molecule has 2 aromatic rings. The molecule has 1 fully saturated rings. The van der Waals surface area contributed by atoms with Crippen LogP contribution in [0.5, 0.6) is 0 Å². The van der Waals surface area contributed by atoms with Gasteiger partial charge in [-0.05, 0) is 41.9 Å². The van der Waals surface area contributed by atoms with E-state index >= 15 is 0 Å². The SMILES string of the molecule is O=C(O)NC1CCCC(c2ccc(-c3ccccc3)cc2)C1. The highest BCUT2D eigenvalue weighted by atomic mass is 16.4. The molecular formula is C19H21NO2. The summed E-state index contributed by atoms with van der Waals surface area (Å²) in [6.45, 7) is 0. The van der Waals surface area contributed by atoms with Crippen LogP contribution in [-0.4, -0.2) is 17.2 Å². The lowest BCUT2D eigenvalue weighted by Crippen LogP contribution is -2.36. The third-order valence-corrected chi connectivity index (χ3v) is 4.49. The average molecular weight is 295 g/mol. The summed E-state index contributed by atoms with van der Waals surface area (Å²) < 4.78 is 0. The number of rotatable bonds is 3. The van der Waals surface area contributed by atoms with E-state index in [2.05, 4.69) is 41.7 Å². The number of amides is 1. The Bertz CT molecular complexity index is 622. The Balaban J connectivity index is 1.71. The van der Waals surface area contributed by atoms with Crippen molar-refractivity contribution in [1.82, 2.24) is 5.32 Å². The number of hydrogen-bond acceptors (Lipinski definition) is 1. The Labute approximate surface area is 131 Å². The molecule has 0 aliphatic heterocycles. The smallest absolute Gasteiger partial charge is 0.404 e. The van der Waals surface area contributed by atoms with E-state index in [0.717, 1.165) is 25.7 Å². The zero-order chi connectivity index (χ0) is 15.4. The van der Waals surface area contributed by atoms with E-state index in [9.17, 15) is 4.79 Å². The largest absolute Gasteiger partial charge is 0.465 e. The summed E-state index contributed by atoms with van der Waals surface area (Å²) in [6, 6.07) is 19.1. The van der Waals surface area contributed by atoms with Crippen molar-refractivity contribution in [3.63, 3.8) is 0 Å². The van der Waals surface area contributed by atoms with Gasteiger partial charge in [-0.3, -0.25) is 0 Å². The summed E-state index contributed by atoms with van der Waals surface area (Å²) in [5.41, 5.74) is 3.76. The maximum absolute atomic E-state index is 10.8. The molecular weight excluding hydrogens is 274 g/mol. The van der Waals surface area contributed by atoms with Crippen molar-refractivity contribution in [2.45, 2.75) is 37.6 Å². The normalized spacial score (nSPS) is 21.3. The lowest BCUT2D eigenvalue weighted by molar-refractivity contribution is 0.184. The van der Waals surface area contributed by atoms with Crippen LogP contribution < -0.4 is 5.32 Å². The van der Waals surface area contributed by atoms with Crippen molar-refractivity contribution < 1.29 is 9.90 Å². The van der Waals surface area contributed by atoms with E-state index in [4.69, 9.17) is 5.11 Å². The molecule has 1 amide bonds. The Morgan fingerprint density at radius 3 is 2.32 bits per heavy atom. The second kappa shape index (κ2) is 6.65. The van der Waals surface area contributed by atoms with Crippen LogP contribution in [0.4, 0.5) is 4.79 Å². The minimum Gasteiger partial charge on any atom is -0.465 e. The highest BCUT2D eigenvalue weighted by molar-refractivity contribution is 5.65. The minimum absolute atomic E-state index is 0.0880. The second-order valence-corrected chi connectivity index (χ2v) is 6.00. The van der Waals surface area contributed by atoms with Gasteiger partial charge in [0, 0.05) is 6.04 Å². The van der Waals surface area contributed by atoms with Crippen molar-refractivity contribution in [1.29, 1.82) is 0 Å². The van der Waals surface area contributed by atoms with Gasteiger partial charge in [0.1, 0.15) is 0 Å². The van der Waals surface area contributed by atoms with Crippen LogP contribution in [0.3, 0.4) is 0 Å². The van der Waals surface area contributed by atoms with Gasteiger partial charge in [0.2, 0.25) is 0 Å². The van der Waals surface area contributed by atoms with Crippen molar-refractivity contribution in [2.24, 2.45) is 0 Å². The second-order valence-electron chi connectivity index (χ2n) is 6.00. The van der Waals surface area contributed by atoms with Gasteiger partial charge in [-0.1, -0.05) is 61.0 Å². The molecule has 0 bridgehead atoms. The molecule has 1 saturated carbocycles. The molecule has 2 aromatic carbocycles. The average Bonchev–Trinajstić information content (AvgIpc) is 2.55. The van der Waals surface area contributed by atoms with Crippen LogP contribution in [0.2, 0.25) is 0 Å². The summed E-state index contributed by atoms with van der Waals surface area (Å²) in [5, 5.41) is 11.5. The van der Waals surface area contributed by atoms with Crippen LogP contribution in [0.15, 0.2) is 54.6 Å². The molecule has 0 saturated heterocycles. The number of carboxylic acid groups (broad SMARTS) is 1. The highest BCUT2D eigenvalue weighted by Gasteiger charge is 2.24. The van der Waals surface area contributed by atoms with E-state index in [0.29, 0.717) is 5.92 Å². The zero-order valence-electron chi connectivity index (χ0n) is 12.5. The van der Waals surface area contributed by atoms with E-state index in [1.54, 1.807) is 0 Å². The molecule has 0 spiro atoms. The lowest BCUT2D eigenvalue weighted by atomic mass is 9.81. The lowest BCUT2D eigenvalue weighted by Gasteiger charge is -2.29. The molecule has 22 heavy (non-hydrogen) atoms. The molecule has 1 aliphatic rings. The zero-order valence-corrected chi connectivity index (χ0v) is 12.5. The van der Waals surface area contributed by atoms with Gasteiger partial charge in [-0.15, -0.1) is 0 Å². The molecule has 3 rings (SSSR count). The van der Waals surface area contributed by atoms with Gasteiger partial charge in [0.25, 0.3) is 0 Å². The summed E-state index contributed by atoms with van der Waals surface area (Å²) in [6.07, 6.45) is 3.16. The van der Waals surface area contributed by atoms with E-state index in [1.807, 2.05) is 18.2 Å². The molecule has 0 heterocycles. The standard InChI is InChI=1S/C19H21NO2/c21-19(22)20-18-8-4-7-17(13-18)16-11-9-15(10-12-16)14-5-2-1-3-6-14/h1-3,5-6,9-12,17-18,20H,4,7-8,13H2,(H,21,22). The maximum atomic E-state index is 10.8. The molecule has 3 nitrogen and oxygen atoms in total. The minimum atomic E-state index is -0.912. The van der Waals surface area contributed by atoms with Gasteiger partial charge in [-0.2, -0.15) is 0 Å². The summed E-state index contributed by atoms with van der Waals surface area (Å²) in [5.74, 6) is 0.454. The molecule has 114 valence electrons. The van der Waals surface area contributed by atoms with E-state index < -0.39 is 6.09 Å². The Hall–Kier alpha value is -2.29. The monoisotopic (exact) mass is 295 g/mol. The molecule has 0 aromatic heterocycles. The Kier molecular flexibility index (Phi) is 4.42. The van der Waals surface area contributed by atoms with Crippen molar-refractivity contribution in [3.05, 3.63) is 60.2 Å². The van der Waals surface area contributed by atoms with Crippen LogP contribution in [-0.2, 0) is 0 Å². The third kappa shape index (κ3) is 3.48. The summed E-state index contributed by atoms with van der Waals surface area (Å²) >= 11 is 0. The maximum Gasteiger partial charge on any atom is 0.404 e. The van der Waals surface area contributed by atoms with Crippen molar-refractivity contribution in [2.75, 3.05) is 0 Å². The quantitative estimate of drug-likeness (QED) is 0.866. The fourth-order valence-corrected chi connectivity index (χ4v) is 3.38. The number of benzene rings is 2. The van der Waals surface area contributed by atoms with Crippen LogP contribution >= 0.6 is 0 Å². The topological polar surface area (TPSA) is 49.3 Å². The molecule has 0 radical (unpaired) electrons. The Morgan fingerprint density at radius 2 is 1.64 bits per heavy atom. The number of hydrogen-bond donors (Lipinski definition) is 2. The third-order valence-electron chi connectivity index (χ3n) is 4.49. The number of nitrogens with one attached hydrogen (secondary N) is 1. The van der Waals surface area contributed by atoms with Gasteiger partial charge in [-0.25, -0.2) is 4.79 Å². The number of carbonyl (C=O) groups is 1. The van der Waals surface area contributed by atoms with Gasteiger partial charge < -0.3 is 10.4 Å². The summed E-state index contributed by atoms with van der Waals surface area (Å²) in [4.78, 5) is 10.8. The first-order chi connectivity index (χ1) is 10.7. The van der Waals surface area contributed by atoms with Crippen LogP contribution in [0.25, 0.3) is 11.1 Å². The fourth-order valence-electron chi connectivity index (χ4n) is 3.38. The first-order valence-electron chi connectivity index (χ1n) is 7.87. The molecule has 2 unspecified atom stereocenters. The first-order valence-corrected chi connectivity index (χ1v) is 7.87. The fraction of sp³-hybridized carbons (Fsp3) is 0.316. The van der Waals surface area contributed by atoms with E-state index in [-0.39, 0.29) is 6.04 Å². The Morgan fingerprint density at radius 1 is 0.955 bits per heavy atom. The molecule has 3 heteroatoms. The predicted octanol–water partition coefficient (Wildman–Crippen LogP) is 4.65. The van der Waals surface area contributed by atoms with Crippen molar-refractivity contribution in [3.8, 4) is 11.1 Å². The molecule has 2 N–H and O–H groups in total. The van der Waals surface area contributed by atoms with Crippen molar-refractivity contribution >= 4 is 6.09 Å².